The number of piperidine rings is 1. The average molecular weight is 483 g/mol. The maximum Gasteiger partial charge on any atom is 0.490 e. The molecule has 1 aromatic rings. The number of halogens is 3. The number of hydrogen-bond donors (Lipinski definition) is 3. The van der Waals surface area contributed by atoms with E-state index < -0.39 is 12.1 Å². The number of hydrogen-bond acceptors (Lipinski definition) is 5. The van der Waals surface area contributed by atoms with Crippen molar-refractivity contribution in [2.45, 2.75) is 37.9 Å². The quantitative estimate of drug-likeness (QED) is 0.489. The van der Waals surface area contributed by atoms with Crippen LogP contribution in [0.5, 0.6) is 5.75 Å². The number of rotatable bonds is 0. The summed E-state index contributed by atoms with van der Waals surface area (Å²) in [5, 5.41) is 13.4. The van der Waals surface area contributed by atoms with E-state index in [1.807, 2.05) is 35.3 Å². The number of alkyl halides is 3. The fourth-order valence-electron chi connectivity index (χ4n) is 4.20. The first-order chi connectivity index (χ1) is 16.1. The van der Waals surface area contributed by atoms with Crippen molar-refractivity contribution in [1.29, 1.82) is 0 Å². The van der Waals surface area contributed by atoms with Crippen LogP contribution in [0.25, 0.3) is 0 Å². The van der Waals surface area contributed by atoms with Gasteiger partial charge < -0.3 is 25.4 Å². The number of allylic oxidation sites excluding steroid dienone is 1. The first kappa shape index (κ1) is 25.5. The van der Waals surface area contributed by atoms with Crippen LogP contribution in [0, 0.1) is 5.41 Å². The van der Waals surface area contributed by atoms with Crippen molar-refractivity contribution < 1.29 is 37.4 Å². The van der Waals surface area contributed by atoms with Gasteiger partial charge in [0.05, 0.1) is 11.0 Å². The molecule has 2 saturated heterocycles. The van der Waals surface area contributed by atoms with Crippen LogP contribution in [-0.2, 0) is 9.59 Å². The summed E-state index contributed by atoms with van der Waals surface area (Å²) < 4.78 is 37.5. The third kappa shape index (κ3) is 6.07. The van der Waals surface area contributed by atoms with Crippen LogP contribution in [0.4, 0.5) is 13.2 Å². The van der Waals surface area contributed by atoms with Gasteiger partial charge in [-0.2, -0.15) is 13.2 Å². The number of ether oxygens (including phenoxy) is 1. The monoisotopic (exact) mass is 483 g/mol. The van der Waals surface area contributed by atoms with Crippen molar-refractivity contribution in [1.82, 2.24) is 15.5 Å². The molecule has 2 fully saturated rings. The van der Waals surface area contributed by atoms with Crippen molar-refractivity contribution in [3.8, 4) is 5.75 Å². The molecule has 3 aliphatic rings. The molecule has 3 aliphatic heterocycles. The molecule has 3 N–H and O–H groups in total. The molecule has 0 saturated carbocycles. The standard InChI is InChI=1S/C21H27N3O3.C2HF3O2/c25-19-17-8-1-2-9-18(17)27-12-6-4-10-21(14-22-15-21)20(26)24-11-5-3-7-16(24)13-23-19;3-2(4,5)1(6)7/h1-2,4,6,8-9,16,22H,3,5,7,10-15H2,(H,23,25);(H,6,7)/b6-4+;. The van der Waals surface area contributed by atoms with E-state index >= 15 is 0 Å². The lowest BCUT2D eigenvalue weighted by Crippen LogP contribution is -2.64. The Labute approximate surface area is 195 Å². The predicted molar refractivity (Wildman–Crippen MR) is 116 cm³/mol. The van der Waals surface area contributed by atoms with Gasteiger partial charge in [0.2, 0.25) is 5.91 Å². The van der Waals surface area contributed by atoms with E-state index in [4.69, 9.17) is 14.6 Å². The van der Waals surface area contributed by atoms with Crippen molar-refractivity contribution in [3.63, 3.8) is 0 Å². The van der Waals surface area contributed by atoms with E-state index in [0.717, 1.165) is 45.3 Å². The van der Waals surface area contributed by atoms with Gasteiger partial charge in [-0.1, -0.05) is 24.3 Å². The third-order valence-electron chi connectivity index (χ3n) is 6.15. The first-order valence-electron chi connectivity index (χ1n) is 11.1. The Balaban J connectivity index is 0.000000406. The molecule has 186 valence electrons. The van der Waals surface area contributed by atoms with Gasteiger partial charge >= 0.3 is 12.1 Å². The van der Waals surface area contributed by atoms with Crippen molar-refractivity contribution in [2.24, 2.45) is 5.41 Å². The van der Waals surface area contributed by atoms with Crippen molar-refractivity contribution in [3.05, 3.63) is 42.0 Å². The fourth-order valence-corrected chi connectivity index (χ4v) is 4.20. The molecule has 2 amide bonds. The molecule has 34 heavy (non-hydrogen) atoms. The molecule has 0 aromatic heterocycles. The highest BCUT2D eigenvalue weighted by Crippen LogP contribution is 2.33. The number of nitrogens with zero attached hydrogens (tertiary/aromatic N) is 1. The number of fused-ring (bicyclic) bond motifs is 2. The van der Waals surface area contributed by atoms with E-state index in [-0.39, 0.29) is 23.3 Å². The molecule has 4 rings (SSSR count). The van der Waals surface area contributed by atoms with Crippen molar-refractivity contribution in [2.75, 3.05) is 32.8 Å². The smallest absolute Gasteiger partial charge is 0.489 e. The predicted octanol–water partition coefficient (Wildman–Crippen LogP) is 2.36. The zero-order chi connectivity index (χ0) is 24.8. The highest BCUT2D eigenvalue weighted by atomic mass is 19.4. The van der Waals surface area contributed by atoms with Gasteiger partial charge in [-0.05, 0) is 37.8 Å². The number of carbonyl (C=O) groups excluding carboxylic acids is 2. The highest BCUT2D eigenvalue weighted by molar-refractivity contribution is 5.97. The number of nitrogens with one attached hydrogen (secondary N) is 2. The van der Waals surface area contributed by atoms with E-state index in [9.17, 15) is 22.8 Å². The zero-order valence-electron chi connectivity index (χ0n) is 18.6. The Hall–Kier alpha value is -3.08. The third-order valence-corrected chi connectivity index (χ3v) is 6.15. The summed E-state index contributed by atoms with van der Waals surface area (Å²) in [5.74, 6) is -2.09. The van der Waals surface area contributed by atoms with Crippen LogP contribution in [0.15, 0.2) is 36.4 Å². The minimum Gasteiger partial charge on any atom is -0.489 e. The summed E-state index contributed by atoms with van der Waals surface area (Å²) in [5.41, 5.74) is 0.189. The van der Waals surface area contributed by atoms with Gasteiger partial charge in [-0.15, -0.1) is 0 Å². The Morgan fingerprint density at radius 3 is 2.50 bits per heavy atom. The molecular weight excluding hydrogens is 455 g/mol. The molecule has 0 radical (unpaired) electrons. The van der Waals surface area contributed by atoms with E-state index in [1.54, 1.807) is 6.07 Å². The summed E-state index contributed by atoms with van der Waals surface area (Å²) in [6, 6.07) is 7.37. The second kappa shape index (κ2) is 10.9. The van der Waals surface area contributed by atoms with E-state index in [1.165, 1.54) is 0 Å². The molecule has 1 spiro atoms. The second-order valence-corrected chi connectivity index (χ2v) is 8.53. The SMILES string of the molecule is O=C(O)C(F)(F)F.O=C1NCC2CCCCN2C(=O)C2(C/C=C/COc3ccccc31)CNC2. The first-order valence-corrected chi connectivity index (χ1v) is 11.1. The maximum atomic E-state index is 13.3. The van der Waals surface area contributed by atoms with Crippen LogP contribution >= 0.6 is 0 Å². The highest BCUT2D eigenvalue weighted by Gasteiger charge is 2.47. The molecule has 1 atom stereocenters. The normalized spacial score (nSPS) is 23.5. The second-order valence-electron chi connectivity index (χ2n) is 8.53. The minimum atomic E-state index is -5.08. The number of amides is 2. The Morgan fingerprint density at radius 2 is 1.85 bits per heavy atom. The largest absolute Gasteiger partial charge is 0.490 e. The Kier molecular flexibility index (Phi) is 8.19. The van der Waals surface area contributed by atoms with Gasteiger partial charge in [0.15, 0.2) is 0 Å². The number of para-hydroxylation sites is 1. The van der Waals surface area contributed by atoms with Crippen LogP contribution in [0.2, 0.25) is 0 Å². The average Bonchev–Trinajstić information content (AvgIpc) is 2.78. The van der Waals surface area contributed by atoms with Gasteiger partial charge in [-0.25, -0.2) is 4.79 Å². The summed E-state index contributed by atoms with van der Waals surface area (Å²) in [7, 11) is 0. The minimum absolute atomic E-state index is 0.0627. The summed E-state index contributed by atoms with van der Waals surface area (Å²) in [6.45, 7) is 3.09. The van der Waals surface area contributed by atoms with Gasteiger partial charge in [0.25, 0.3) is 5.91 Å². The van der Waals surface area contributed by atoms with Crippen LogP contribution < -0.4 is 15.4 Å². The molecule has 1 aromatic carbocycles. The molecule has 1 unspecified atom stereocenters. The fraction of sp³-hybridized carbons (Fsp3) is 0.522. The molecule has 11 heteroatoms. The zero-order valence-corrected chi connectivity index (χ0v) is 18.6. The number of carboxylic acid groups (broad SMARTS) is 1. The number of carbonyl (C=O) groups is 3. The summed E-state index contributed by atoms with van der Waals surface area (Å²) >= 11 is 0. The lowest BCUT2D eigenvalue weighted by molar-refractivity contribution is -0.192. The lowest BCUT2D eigenvalue weighted by Gasteiger charge is -2.47. The summed E-state index contributed by atoms with van der Waals surface area (Å²) in [6.07, 6.45) is 2.69. The molecule has 3 heterocycles. The Morgan fingerprint density at radius 1 is 1.15 bits per heavy atom. The van der Waals surface area contributed by atoms with Crippen LogP contribution in [0.1, 0.15) is 36.0 Å². The van der Waals surface area contributed by atoms with Gasteiger partial charge in [0.1, 0.15) is 12.4 Å². The van der Waals surface area contributed by atoms with Crippen molar-refractivity contribution >= 4 is 17.8 Å². The Bertz CT molecular complexity index is 931. The molecular formula is C23H28F3N3O5. The van der Waals surface area contributed by atoms with Crippen LogP contribution in [-0.4, -0.2) is 72.8 Å². The number of carboxylic acids is 1. The lowest BCUT2D eigenvalue weighted by atomic mass is 9.76. The van der Waals surface area contributed by atoms with Gasteiger partial charge in [-0.3, -0.25) is 9.59 Å². The number of aliphatic carboxylic acids is 1. The molecule has 8 nitrogen and oxygen atoms in total. The molecule has 0 bridgehead atoms. The number of benzene rings is 1. The van der Waals surface area contributed by atoms with Gasteiger partial charge in [0, 0.05) is 32.2 Å². The van der Waals surface area contributed by atoms with E-state index in [0.29, 0.717) is 24.5 Å². The maximum absolute atomic E-state index is 13.3. The summed E-state index contributed by atoms with van der Waals surface area (Å²) in [4.78, 5) is 37.0. The van der Waals surface area contributed by atoms with E-state index in [2.05, 4.69) is 10.6 Å². The molecule has 0 aliphatic carbocycles. The topological polar surface area (TPSA) is 108 Å². The van der Waals surface area contributed by atoms with Crippen LogP contribution in [0.3, 0.4) is 0 Å².